The maximum Gasteiger partial charge on any atom is 0.315 e. The number of Topliss-reactive ketones (excluding diaryl/α,β-unsaturated/α-hetero) is 1. The number of piperidine rings is 1. The molecule has 0 atom stereocenters. The van der Waals surface area contributed by atoms with Crippen LogP contribution < -0.4 is 10.6 Å². The first-order valence-electron chi connectivity index (χ1n) is 10.5. The molecule has 2 N–H and O–H groups in total. The summed E-state index contributed by atoms with van der Waals surface area (Å²) in [5, 5.41) is 5.77. The number of hydrogen-bond acceptors (Lipinski definition) is 5. The summed E-state index contributed by atoms with van der Waals surface area (Å²) in [5.41, 5.74) is 2.31. The van der Waals surface area contributed by atoms with Crippen LogP contribution in [0.1, 0.15) is 34.5 Å². The van der Waals surface area contributed by atoms with Gasteiger partial charge in [-0.1, -0.05) is 6.07 Å². The number of benzene rings is 1. The second-order valence-corrected chi connectivity index (χ2v) is 7.80. The van der Waals surface area contributed by atoms with Crippen molar-refractivity contribution in [2.75, 3.05) is 33.3 Å². The molecule has 2 aromatic rings. The lowest BCUT2D eigenvalue weighted by Gasteiger charge is -2.31. The quantitative estimate of drug-likeness (QED) is 0.600. The molecule has 0 radical (unpaired) electrons. The second kappa shape index (κ2) is 11.5. The zero-order chi connectivity index (χ0) is 22.1. The zero-order valence-electron chi connectivity index (χ0n) is 17.8. The first kappa shape index (κ1) is 22.8. The van der Waals surface area contributed by atoms with Crippen LogP contribution >= 0.6 is 0 Å². The molecular formula is C23H29FN4O3. The van der Waals surface area contributed by atoms with Crippen molar-refractivity contribution in [1.29, 1.82) is 0 Å². The van der Waals surface area contributed by atoms with Gasteiger partial charge in [0.1, 0.15) is 5.82 Å². The van der Waals surface area contributed by atoms with Gasteiger partial charge in [0.25, 0.3) is 0 Å². The molecule has 0 saturated carbocycles. The Balaban J connectivity index is 1.32. The van der Waals surface area contributed by atoms with E-state index in [2.05, 4.69) is 20.5 Å². The van der Waals surface area contributed by atoms with Gasteiger partial charge in [-0.05, 0) is 67.7 Å². The van der Waals surface area contributed by atoms with Crippen molar-refractivity contribution in [3.8, 4) is 0 Å². The summed E-state index contributed by atoms with van der Waals surface area (Å²) in [6.45, 7) is 3.43. The number of ketones is 1. The van der Waals surface area contributed by atoms with E-state index in [1.807, 2.05) is 12.1 Å². The van der Waals surface area contributed by atoms with E-state index in [4.69, 9.17) is 4.74 Å². The lowest BCUT2D eigenvalue weighted by Crippen LogP contribution is -2.42. The highest BCUT2D eigenvalue weighted by atomic mass is 19.1. The number of carbonyl (C=O) groups excluding carboxylic acids is 2. The molecule has 1 saturated heterocycles. The Morgan fingerprint density at radius 1 is 1.13 bits per heavy atom. The van der Waals surface area contributed by atoms with E-state index >= 15 is 0 Å². The fourth-order valence-corrected chi connectivity index (χ4v) is 3.55. The van der Waals surface area contributed by atoms with E-state index in [1.54, 1.807) is 13.3 Å². The Bertz CT molecular complexity index is 850. The predicted octanol–water partition coefficient (Wildman–Crippen LogP) is 2.76. The molecule has 1 aromatic heterocycles. The molecule has 1 aromatic carbocycles. The third-order valence-corrected chi connectivity index (χ3v) is 5.42. The first-order valence-corrected chi connectivity index (χ1v) is 10.5. The van der Waals surface area contributed by atoms with Gasteiger partial charge >= 0.3 is 6.03 Å². The Morgan fingerprint density at radius 3 is 2.52 bits per heavy atom. The smallest absolute Gasteiger partial charge is 0.315 e. The van der Waals surface area contributed by atoms with Gasteiger partial charge in [-0.15, -0.1) is 0 Å². The summed E-state index contributed by atoms with van der Waals surface area (Å²) in [6.07, 6.45) is 3.57. The lowest BCUT2D eigenvalue weighted by molar-refractivity contribution is 0.0896. The lowest BCUT2D eigenvalue weighted by atomic mass is 9.96. The van der Waals surface area contributed by atoms with Crippen molar-refractivity contribution in [3.63, 3.8) is 0 Å². The fourth-order valence-electron chi connectivity index (χ4n) is 3.55. The number of likely N-dealkylation sites (tertiary alicyclic amines) is 1. The van der Waals surface area contributed by atoms with Crippen molar-refractivity contribution in [2.45, 2.75) is 26.0 Å². The molecule has 2 amide bonds. The molecule has 7 nitrogen and oxygen atoms in total. The van der Waals surface area contributed by atoms with E-state index in [9.17, 15) is 14.0 Å². The molecule has 31 heavy (non-hydrogen) atoms. The number of ether oxygens (including phenoxy) is 1. The number of nitrogens with one attached hydrogen (secondary N) is 2. The largest absolute Gasteiger partial charge is 0.378 e. The minimum Gasteiger partial charge on any atom is -0.378 e. The van der Waals surface area contributed by atoms with Crippen molar-refractivity contribution >= 4 is 11.8 Å². The number of rotatable bonds is 9. The second-order valence-electron chi connectivity index (χ2n) is 7.80. The van der Waals surface area contributed by atoms with Crippen LogP contribution in [0, 0.1) is 11.7 Å². The molecule has 1 aliphatic heterocycles. The van der Waals surface area contributed by atoms with E-state index < -0.39 is 0 Å². The zero-order valence-corrected chi connectivity index (χ0v) is 17.8. The maximum absolute atomic E-state index is 13.0. The summed E-state index contributed by atoms with van der Waals surface area (Å²) in [4.78, 5) is 30.8. The number of urea groups is 1. The van der Waals surface area contributed by atoms with Crippen LogP contribution in [0.4, 0.5) is 9.18 Å². The van der Waals surface area contributed by atoms with Crippen molar-refractivity contribution in [2.24, 2.45) is 5.92 Å². The van der Waals surface area contributed by atoms with E-state index in [0.29, 0.717) is 37.7 Å². The third kappa shape index (κ3) is 7.41. The highest BCUT2D eigenvalue weighted by Gasteiger charge is 2.21. The van der Waals surface area contributed by atoms with Crippen molar-refractivity contribution in [1.82, 2.24) is 20.5 Å². The topological polar surface area (TPSA) is 83.6 Å². The van der Waals surface area contributed by atoms with Crippen LogP contribution in [0.25, 0.3) is 0 Å². The normalized spacial score (nSPS) is 14.9. The number of carbonyl (C=O) groups is 2. The molecule has 3 rings (SSSR count). The van der Waals surface area contributed by atoms with Crippen LogP contribution in [-0.2, 0) is 17.9 Å². The summed E-state index contributed by atoms with van der Waals surface area (Å²) < 4.78 is 18.0. The van der Waals surface area contributed by atoms with E-state index in [-0.39, 0.29) is 17.6 Å². The molecule has 0 unspecified atom stereocenters. The fraction of sp³-hybridized carbons (Fsp3) is 0.435. The van der Waals surface area contributed by atoms with Gasteiger partial charge in [-0.2, -0.15) is 0 Å². The number of pyridine rings is 1. The molecule has 8 heteroatoms. The molecule has 1 aliphatic rings. The van der Waals surface area contributed by atoms with Gasteiger partial charge in [-0.25, -0.2) is 9.18 Å². The predicted molar refractivity (Wildman–Crippen MR) is 115 cm³/mol. The Hall–Kier alpha value is -2.84. The van der Waals surface area contributed by atoms with Crippen molar-refractivity contribution < 1.29 is 18.7 Å². The van der Waals surface area contributed by atoms with Crippen LogP contribution in [0.15, 0.2) is 42.6 Å². The number of hydrogen-bond donors (Lipinski definition) is 2. The SMILES string of the molecule is COCc1ccc(CNC(=O)NCC2CCN(CC(=O)c3ccc(F)cc3)CC2)cn1. The minimum absolute atomic E-state index is 0.000644. The van der Waals surface area contributed by atoms with Crippen LogP contribution in [0.2, 0.25) is 0 Å². The Morgan fingerprint density at radius 2 is 1.87 bits per heavy atom. The summed E-state index contributed by atoms with van der Waals surface area (Å²) >= 11 is 0. The van der Waals surface area contributed by atoms with E-state index in [0.717, 1.165) is 37.2 Å². The van der Waals surface area contributed by atoms with Gasteiger partial charge in [0.2, 0.25) is 0 Å². The minimum atomic E-state index is -0.342. The number of amides is 2. The average molecular weight is 429 g/mol. The number of methoxy groups -OCH3 is 1. The highest BCUT2D eigenvalue weighted by molar-refractivity contribution is 5.97. The van der Waals surface area contributed by atoms with Crippen LogP contribution in [0.5, 0.6) is 0 Å². The van der Waals surface area contributed by atoms with Gasteiger partial charge in [0.15, 0.2) is 5.78 Å². The summed E-state index contributed by atoms with van der Waals surface area (Å²) in [6, 6.07) is 9.27. The van der Waals surface area contributed by atoms with Crippen LogP contribution in [-0.4, -0.2) is 55.0 Å². The molecule has 166 valence electrons. The van der Waals surface area contributed by atoms with E-state index in [1.165, 1.54) is 24.3 Å². The van der Waals surface area contributed by atoms with Gasteiger partial charge in [0.05, 0.1) is 18.8 Å². The van der Waals surface area contributed by atoms with Gasteiger partial charge < -0.3 is 15.4 Å². The third-order valence-electron chi connectivity index (χ3n) is 5.42. The van der Waals surface area contributed by atoms with Crippen molar-refractivity contribution in [3.05, 3.63) is 65.2 Å². The standard InChI is InChI=1S/C23H29FN4O3/c1-31-16-21-7-2-18(13-25-21)14-27-23(30)26-12-17-8-10-28(11-9-17)15-22(29)19-3-5-20(24)6-4-19/h2-7,13,17H,8-12,14-16H2,1H3,(H2,26,27,30). The average Bonchev–Trinajstić information content (AvgIpc) is 2.79. The number of halogens is 1. The molecule has 0 aliphatic carbocycles. The number of aromatic nitrogens is 1. The molecular weight excluding hydrogens is 399 g/mol. The number of nitrogens with zero attached hydrogens (tertiary/aromatic N) is 2. The highest BCUT2D eigenvalue weighted by Crippen LogP contribution is 2.17. The van der Waals surface area contributed by atoms with Crippen LogP contribution in [0.3, 0.4) is 0 Å². The first-order chi connectivity index (χ1) is 15.0. The monoisotopic (exact) mass is 428 g/mol. The summed E-state index contributed by atoms with van der Waals surface area (Å²) in [7, 11) is 1.62. The molecule has 0 spiro atoms. The Kier molecular flexibility index (Phi) is 8.49. The molecule has 0 bridgehead atoms. The maximum atomic E-state index is 13.0. The molecule has 1 fully saturated rings. The molecule has 2 heterocycles. The van der Waals surface area contributed by atoms with Gasteiger partial charge in [0, 0.05) is 32.0 Å². The summed E-state index contributed by atoms with van der Waals surface area (Å²) in [5.74, 6) is 0.0455. The van der Waals surface area contributed by atoms with Gasteiger partial charge in [-0.3, -0.25) is 14.7 Å². The Labute approximate surface area is 182 Å².